The SMILES string of the molecule is C=CCCC(=O)N[C@H](COC)[C@H](OC(=O)[C@@H]1[C@@H]2CC[C@]3(O2)[C@H](C(=O)N(CC=C)c2c(C)cccc2Cl)N(CCCO)C(=O)[C@@H]13)c1ccccc1. The number of nitrogens with one attached hydrogen (secondary N) is 1. The Morgan fingerprint density at radius 3 is 2.60 bits per heavy atom. The molecule has 2 bridgehead atoms. The van der Waals surface area contributed by atoms with E-state index < -0.39 is 59.5 Å². The van der Waals surface area contributed by atoms with Gasteiger partial charge >= 0.3 is 5.97 Å². The van der Waals surface area contributed by atoms with Crippen LogP contribution >= 0.6 is 11.6 Å². The van der Waals surface area contributed by atoms with Gasteiger partial charge in [-0.1, -0.05) is 66.2 Å². The van der Waals surface area contributed by atoms with Crippen molar-refractivity contribution in [2.75, 3.05) is 38.3 Å². The second-order valence-electron chi connectivity index (χ2n) is 13.0. The first-order valence-electron chi connectivity index (χ1n) is 17.0. The monoisotopic (exact) mass is 707 g/mol. The molecule has 3 heterocycles. The molecule has 3 aliphatic heterocycles. The maximum Gasteiger partial charge on any atom is 0.313 e. The summed E-state index contributed by atoms with van der Waals surface area (Å²) >= 11 is 6.64. The molecule has 268 valence electrons. The molecule has 3 aliphatic rings. The topological polar surface area (TPSA) is 135 Å². The van der Waals surface area contributed by atoms with Gasteiger partial charge in [-0.05, 0) is 49.8 Å². The Morgan fingerprint density at radius 2 is 1.94 bits per heavy atom. The molecule has 5 rings (SSSR count). The molecule has 2 aromatic carbocycles. The summed E-state index contributed by atoms with van der Waals surface area (Å²) in [5.41, 5.74) is 0.595. The number of amides is 3. The Hall–Kier alpha value is -4.03. The highest BCUT2D eigenvalue weighted by Crippen LogP contribution is 2.59. The van der Waals surface area contributed by atoms with Gasteiger partial charge in [0.15, 0.2) is 0 Å². The van der Waals surface area contributed by atoms with Gasteiger partial charge in [-0.2, -0.15) is 0 Å². The normalized spacial score (nSPS) is 24.7. The Balaban J connectivity index is 1.50. The average Bonchev–Trinajstić information content (AvgIpc) is 3.75. The third kappa shape index (κ3) is 7.10. The lowest BCUT2D eigenvalue weighted by Gasteiger charge is -2.37. The number of benzene rings is 2. The van der Waals surface area contributed by atoms with Crippen molar-refractivity contribution in [3.05, 3.63) is 90.0 Å². The average molecular weight is 708 g/mol. The van der Waals surface area contributed by atoms with Crippen LogP contribution in [0.15, 0.2) is 73.8 Å². The number of aliphatic hydroxyl groups excluding tert-OH is 1. The standard InChI is InChI=1S/C38H46ClN3O8/c1-5-7-17-29(44)40-27(23-48-4)33(25-14-9-8-10-15-25)49-37(47)30-28-18-19-38(50-28)31(30)35(45)42(21-12-22-43)34(38)36(46)41(20-6-2)32-24(3)13-11-16-26(32)39/h5-6,8-11,13-16,27-28,30-31,33-34,43H,1-2,7,12,17-23H2,3-4H3,(H,40,44)/t27-,28+,30-,31-,33-,34+,38-/m1/s1. The van der Waals surface area contributed by atoms with E-state index in [4.69, 9.17) is 25.8 Å². The summed E-state index contributed by atoms with van der Waals surface area (Å²) in [5, 5.41) is 13.1. The molecule has 0 aromatic heterocycles. The summed E-state index contributed by atoms with van der Waals surface area (Å²) in [6, 6.07) is 12.6. The number of methoxy groups -OCH3 is 1. The summed E-state index contributed by atoms with van der Waals surface area (Å²) in [7, 11) is 1.50. The number of likely N-dealkylation sites (tertiary alicyclic amines) is 1. The van der Waals surface area contributed by atoms with Crippen molar-refractivity contribution in [2.24, 2.45) is 11.8 Å². The van der Waals surface area contributed by atoms with Crippen molar-refractivity contribution in [2.45, 2.75) is 68.9 Å². The first kappa shape index (κ1) is 37.2. The predicted octanol–water partition coefficient (Wildman–Crippen LogP) is 4.31. The summed E-state index contributed by atoms with van der Waals surface area (Å²) < 4.78 is 18.3. The van der Waals surface area contributed by atoms with E-state index in [2.05, 4.69) is 18.5 Å². The van der Waals surface area contributed by atoms with Crippen molar-refractivity contribution in [1.82, 2.24) is 10.2 Å². The predicted molar refractivity (Wildman–Crippen MR) is 188 cm³/mol. The first-order valence-corrected chi connectivity index (χ1v) is 17.4. The quantitative estimate of drug-likeness (QED) is 0.184. The zero-order chi connectivity index (χ0) is 36.0. The van der Waals surface area contributed by atoms with Gasteiger partial charge < -0.3 is 34.4 Å². The molecule has 0 aliphatic carbocycles. The smallest absolute Gasteiger partial charge is 0.313 e. The molecule has 1 spiro atoms. The number of aliphatic hydroxyl groups is 1. The fourth-order valence-corrected chi connectivity index (χ4v) is 8.16. The van der Waals surface area contributed by atoms with Crippen LogP contribution < -0.4 is 10.2 Å². The molecule has 0 unspecified atom stereocenters. The number of hydrogen-bond donors (Lipinski definition) is 2. The Kier molecular flexibility index (Phi) is 12.2. The molecule has 2 aromatic rings. The van der Waals surface area contributed by atoms with E-state index in [0.29, 0.717) is 35.5 Å². The fourth-order valence-electron chi connectivity index (χ4n) is 7.84. The van der Waals surface area contributed by atoms with Gasteiger partial charge in [0.05, 0.1) is 41.3 Å². The minimum atomic E-state index is -1.31. The zero-order valence-corrected chi connectivity index (χ0v) is 29.3. The molecule has 0 radical (unpaired) electrons. The fraction of sp³-hybridized carbons (Fsp3) is 0.474. The van der Waals surface area contributed by atoms with Crippen molar-refractivity contribution >= 4 is 41.0 Å². The maximum absolute atomic E-state index is 14.8. The van der Waals surface area contributed by atoms with E-state index in [1.807, 2.05) is 19.1 Å². The van der Waals surface area contributed by atoms with E-state index in [0.717, 1.165) is 5.56 Å². The first-order chi connectivity index (χ1) is 24.1. The van der Waals surface area contributed by atoms with Gasteiger partial charge in [0, 0.05) is 33.2 Å². The van der Waals surface area contributed by atoms with Crippen LogP contribution in [0.25, 0.3) is 0 Å². The number of nitrogens with zero attached hydrogens (tertiary/aromatic N) is 2. The van der Waals surface area contributed by atoms with Crippen molar-refractivity contribution < 1.29 is 38.5 Å². The largest absolute Gasteiger partial charge is 0.455 e. The lowest BCUT2D eigenvalue weighted by molar-refractivity contribution is -0.163. The molecule has 2 N–H and O–H groups in total. The second kappa shape index (κ2) is 16.3. The second-order valence-corrected chi connectivity index (χ2v) is 13.4. The van der Waals surface area contributed by atoms with Gasteiger partial charge in [0.2, 0.25) is 11.8 Å². The minimum absolute atomic E-state index is 0.0513. The Labute approximate surface area is 298 Å². The molecular formula is C38H46ClN3O8. The highest BCUT2D eigenvalue weighted by Gasteiger charge is 2.75. The highest BCUT2D eigenvalue weighted by molar-refractivity contribution is 6.34. The Bertz CT molecular complexity index is 1570. The van der Waals surface area contributed by atoms with Crippen molar-refractivity contribution in [1.29, 1.82) is 0 Å². The number of esters is 1. The minimum Gasteiger partial charge on any atom is -0.455 e. The molecule has 3 amide bonds. The van der Waals surface area contributed by atoms with Crippen molar-refractivity contribution in [3.8, 4) is 0 Å². The van der Waals surface area contributed by atoms with Gasteiger partial charge in [0.1, 0.15) is 17.7 Å². The molecule has 0 saturated carbocycles. The van der Waals surface area contributed by atoms with Gasteiger partial charge in [0.25, 0.3) is 5.91 Å². The lowest BCUT2D eigenvalue weighted by Crippen LogP contribution is -2.56. The van der Waals surface area contributed by atoms with E-state index in [1.165, 1.54) is 16.9 Å². The summed E-state index contributed by atoms with van der Waals surface area (Å²) in [5.74, 6) is -3.74. The number of aryl methyl sites for hydroxylation is 1. The summed E-state index contributed by atoms with van der Waals surface area (Å²) in [6.45, 7) is 9.44. The summed E-state index contributed by atoms with van der Waals surface area (Å²) in [6.07, 6.45) is 3.34. The van der Waals surface area contributed by atoms with Crippen LogP contribution in [-0.4, -0.2) is 90.9 Å². The molecule has 50 heavy (non-hydrogen) atoms. The van der Waals surface area contributed by atoms with Gasteiger partial charge in [-0.25, -0.2) is 0 Å². The van der Waals surface area contributed by atoms with Crippen LogP contribution in [0.3, 0.4) is 0 Å². The van der Waals surface area contributed by atoms with Crippen molar-refractivity contribution in [3.63, 3.8) is 0 Å². The van der Waals surface area contributed by atoms with E-state index in [9.17, 15) is 24.3 Å². The third-order valence-electron chi connectivity index (χ3n) is 9.90. The Morgan fingerprint density at radius 1 is 1.18 bits per heavy atom. The number of ether oxygens (including phenoxy) is 3. The third-order valence-corrected chi connectivity index (χ3v) is 10.2. The molecule has 3 saturated heterocycles. The number of anilines is 1. The van der Waals surface area contributed by atoms with E-state index in [1.54, 1.807) is 48.6 Å². The lowest BCUT2D eigenvalue weighted by atomic mass is 9.70. The highest BCUT2D eigenvalue weighted by atomic mass is 35.5. The summed E-state index contributed by atoms with van der Waals surface area (Å²) in [4.78, 5) is 59.4. The van der Waals surface area contributed by atoms with Gasteiger partial charge in [-0.3, -0.25) is 19.2 Å². The number of hydrogen-bond acceptors (Lipinski definition) is 8. The van der Waals surface area contributed by atoms with E-state index >= 15 is 0 Å². The van der Waals surface area contributed by atoms with E-state index in [-0.39, 0.29) is 45.1 Å². The van der Waals surface area contributed by atoms with Crippen LogP contribution in [0.1, 0.15) is 49.3 Å². The number of rotatable bonds is 17. The molecule has 7 atom stereocenters. The number of carbonyl (C=O) groups is 4. The van der Waals surface area contributed by atoms with Crippen LogP contribution in [-0.2, 0) is 33.4 Å². The van der Waals surface area contributed by atoms with Crippen LogP contribution in [0.4, 0.5) is 5.69 Å². The van der Waals surface area contributed by atoms with Crippen LogP contribution in [0.2, 0.25) is 5.02 Å². The number of fused-ring (bicyclic) bond motifs is 1. The molecule has 3 fully saturated rings. The number of para-hydroxylation sites is 1. The number of carbonyl (C=O) groups excluding carboxylic acids is 4. The number of halogens is 1. The zero-order valence-electron chi connectivity index (χ0n) is 28.6. The van der Waals surface area contributed by atoms with Crippen LogP contribution in [0.5, 0.6) is 0 Å². The molecular weight excluding hydrogens is 662 g/mol. The molecule has 12 heteroatoms. The maximum atomic E-state index is 14.8. The number of allylic oxidation sites excluding steroid dienone is 1. The molecule has 11 nitrogen and oxygen atoms in total. The van der Waals surface area contributed by atoms with Crippen LogP contribution in [0, 0.1) is 18.8 Å². The van der Waals surface area contributed by atoms with Gasteiger partial charge in [-0.15, -0.1) is 13.2 Å².